The molecule has 5 rings (SSSR count). The van der Waals surface area contributed by atoms with Gasteiger partial charge in [-0.2, -0.15) is 0 Å². The molecule has 0 fully saturated rings. The molecule has 0 saturated carbocycles. The number of carbonyl (C=O) groups is 1. The lowest BCUT2D eigenvalue weighted by atomic mass is 9.94. The third-order valence-electron chi connectivity index (χ3n) is 8.26. The van der Waals surface area contributed by atoms with Crippen LogP contribution in [0.3, 0.4) is 0 Å². The van der Waals surface area contributed by atoms with Gasteiger partial charge in [0, 0.05) is 13.1 Å². The Labute approximate surface area is 246 Å². The van der Waals surface area contributed by atoms with Crippen LogP contribution in [0.1, 0.15) is 50.3 Å². The van der Waals surface area contributed by atoms with Crippen LogP contribution in [0.15, 0.2) is 109 Å². The van der Waals surface area contributed by atoms with Crippen molar-refractivity contribution in [1.82, 2.24) is 4.90 Å². The molecule has 0 bridgehead atoms. The average Bonchev–Trinajstić information content (AvgIpc) is 3.11. The molecule has 1 atom stereocenters. The molecule has 1 aliphatic rings. The molecule has 1 heterocycles. The first-order chi connectivity index (χ1) is 19.8. The molecule has 5 heteroatoms. The van der Waals surface area contributed by atoms with Gasteiger partial charge in [0.15, 0.2) is 0 Å². The molecular weight excluding hydrogens is 522 g/mol. The van der Waals surface area contributed by atoms with Crippen molar-refractivity contribution in [3.63, 3.8) is 0 Å². The predicted molar refractivity (Wildman–Crippen MR) is 169 cm³/mol. The van der Waals surface area contributed by atoms with E-state index in [0.29, 0.717) is 26.3 Å². The van der Waals surface area contributed by atoms with Crippen LogP contribution in [0.25, 0.3) is 0 Å². The van der Waals surface area contributed by atoms with Gasteiger partial charge in [-0.3, -0.25) is 4.79 Å². The van der Waals surface area contributed by atoms with Crippen LogP contribution in [-0.4, -0.2) is 38.8 Å². The molecule has 4 aromatic rings. The quantitative estimate of drug-likeness (QED) is 0.223. The second kappa shape index (κ2) is 12.5. The Balaban J connectivity index is 1.32. The van der Waals surface area contributed by atoms with Crippen LogP contribution < -0.4 is 15.1 Å². The molecule has 0 aliphatic carbocycles. The molecule has 4 nitrogen and oxygen atoms in total. The van der Waals surface area contributed by atoms with E-state index in [2.05, 4.69) is 106 Å². The first kappa shape index (κ1) is 28.8. The third kappa shape index (κ3) is 6.16. The van der Waals surface area contributed by atoms with Gasteiger partial charge in [-0.15, -0.1) is 0 Å². The van der Waals surface area contributed by atoms with Gasteiger partial charge in [0.05, 0.1) is 12.5 Å². The smallest absolute Gasteiger partial charge is 0.261 e. The molecule has 41 heavy (non-hydrogen) atoms. The largest absolute Gasteiger partial charge is 0.489 e. The van der Waals surface area contributed by atoms with Gasteiger partial charge in [-0.1, -0.05) is 118 Å². The number of amides is 1. The average molecular weight is 564 g/mol. The topological polar surface area (TPSA) is 38.8 Å². The molecule has 0 spiro atoms. The predicted octanol–water partition coefficient (Wildman–Crippen LogP) is 6.33. The zero-order valence-corrected chi connectivity index (χ0v) is 25.7. The summed E-state index contributed by atoms with van der Waals surface area (Å²) in [5.74, 6) is 0.798. The fourth-order valence-electron chi connectivity index (χ4n) is 6.12. The fraction of sp³-hybridized carbons (Fsp3) is 0.306. The van der Waals surface area contributed by atoms with Crippen molar-refractivity contribution in [2.75, 3.05) is 19.7 Å². The maximum Gasteiger partial charge on any atom is 0.261 e. The first-order valence-electron chi connectivity index (χ1n) is 14.6. The second-order valence-corrected chi connectivity index (χ2v) is 16.2. The number of nitrogens with zero attached hydrogens (tertiary/aromatic N) is 1. The molecule has 4 aromatic carbocycles. The van der Waals surface area contributed by atoms with Crippen LogP contribution in [0, 0.1) is 0 Å². The highest BCUT2D eigenvalue weighted by Gasteiger charge is 2.50. The highest BCUT2D eigenvalue weighted by atomic mass is 28.4. The van der Waals surface area contributed by atoms with Gasteiger partial charge in [-0.05, 0) is 57.6 Å². The number of hydrogen-bond acceptors (Lipinski definition) is 3. The van der Waals surface area contributed by atoms with E-state index in [1.165, 1.54) is 15.9 Å². The summed E-state index contributed by atoms with van der Waals surface area (Å²) in [6.45, 7) is 11.1. The van der Waals surface area contributed by atoms with Gasteiger partial charge in [0.2, 0.25) is 5.91 Å². The Hall–Kier alpha value is -3.67. The van der Waals surface area contributed by atoms with E-state index >= 15 is 0 Å². The minimum absolute atomic E-state index is 0.0990. The molecule has 0 N–H and O–H groups in total. The summed E-state index contributed by atoms with van der Waals surface area (Å²) in [5.41, 5.74) is 3.42. The lowest BCUT2D eigenvalue weighted by molar-refractivity contribution is -0.132. The molecule has 0 saturated heterocycles. The van der Waals surface area contributed by atoms with E-state index in [-0.39, 0.29) is 16.9 Å². The molecule has 1 unspecified atom stereocenters. The van der Waals surface area contributed by atoms with Crippen molar-refractivity contribution in [2.45, 2.75) is 51.7 Å². The van der Waals surface area contributed by atoms with Gasteiger partial charge in [0.1, 0.15) is 12.4 Å². The summed E-state index contributed by atoms with van der Waals surface area (Å²) < 4.78 is 13.2. The molecule has 0 radical (unpaired) electrons. The standard InChI is InChI=1S/C36H41NO3Si/c1-28-34-21-20-31(39-27-29-14-8-5-9-15-29)26-30(34)22-23-37(35(28)38)24-25-40-41(36(2,3)4,32-16-10-6-11-17-32)33-18-12-7-13-19-33/h5-21,26,28H,22-25,27H2,1-4H3. The van der Waals surface area contributed by atoms with Crippen molar-refractivity contribution in [3.8, 4) is 5.75 Å². The second-order valence-electron chi connectivity index (χ2n) is 11.9. The Morgan fingerprint density at radius 3 is 2.00 bits per heavy atom. The molecule has 1 aliphatic heterocycles. The lowest BCUT2D eigenvalue weighted by Crippen LogP contribution is -2.67. The van der Waals surface area contributed by atoms with Crippen molar-refractivity contribution < 1.29 is 14.0 Å². The van der Waals surface area contributed by atoms with Gasteiger partial charge < -0.3 is 14.1 Å². The summed E-state index contributed by atoms with van der Waals surface area (Å²) in [6, 6.07) is 37.7. The molecule has 212 valence electrons. The van der Waals surface area contributed by atoms with Crippen molar-refractivity contribution in [3.05, 3.63) is 126 Å². The maximum atomic E-state index is 13.6. The van der Waals surface area contributed by atoms with Crippen molar-refractivity contribution >= 4 is 24.6 Å². The zero-order valence-electron chi connectivity index (χ0n) is 24.7. The maximum absolute atomic E-state index is 13.6. The van der Waals surface area contributed by atoms with Crippen LogP contribution in [0.4, 0.5) is 0 Å². The van der Waals surface area contributed by atoms with E-state index in [1.807, 2.05) is 36.1 Å². The van der Waals surface area contributed by atoms with E-state index in [9.17, 15) is 4.79 Å². The van der Waals surface area contributed by atoms with Crippen LogP contribution in [0.2, 0.25) is 5.04 Å². The summed E-state index contributed by atoms with van der Waals surface area (Å²) in [7, 11) is -2.65. The number of benzene rings is 4. The summed E-state index contributed by atoms with van der Waals surface area (Å²) in [6.07, 6.45) is 0.799. The van der Waals surface area contributed by atoms with Crippen molar-refractivity contribution in [2.24, 2.45) is 0 Å². The lowest BCUT2D eigenvalue weighted by Gasteiger charge is -2.43. The van der Waals surface area contributed by atoms with E-state index in [4.69, 9.17) is 9.16 Å². The van der Waals surface area contributed by atoms with Crippen LogP contribution in [0.5, 0.6) is 5.75 Å². The number of carbonyl (C=O) groups excluding carboxylic acids is 1. The normalized spacial score (nSPS) is 15.8. The molecule has 1 amide bonds. The van der Waals surface area contributed by atoms with Crippen LogP contribution >= 0.6 is 0 Å². The number of hydrogen-bond donors (Lipinski definition) is 0. The first-order valence-corrected chi connectivity index (χ1v) is 16.5. The van der Waals surface area contributed by atoms with Crippen molar-refractivity contribution in [1.29, 1.82) is 0 Å². The number of fused-ring (bicyclic) bond motifs is 1. The van der Waals surface area contributed by atoms with Gasteiger partial charge in [-0.25, -0.2) is 0 Å². The third-order valence-corrected chi connectivity index (χ3v) is 13.3. The van der Waals surface area contributed by atoms with Gasteiger partial charge in [0.25, 0.3) is 8.32 Å². The minimum atomic E-state index is -2.65. The Bertz CT molecular complexity index is 1390. The molecule has 0 aromatic heterocycles. The zero-order chi connectivity index (χ0) is 28.9. The highest BCUT2D eigenvalue weighted by molar-refractivity contribution is 6.99. The Kier molecular flexibility index (Phi) is 8.76. The highest BCUT2D eigenvalue weighted by Crippen LogP contribution is 2.37. The van der Waals surface area contributed by atoms with E-state index in [0.717, 1.165) is 23.3 Å². The van der Waals surface area contributed by atoms with E-state index in [1.54, 1.807) is 0 Å². The number of ether oxygens (including phenoxy) is 1. The summed E-state index contributed by atoms with van der Waals surface area (Å²) >= 11 is 0. The van der Waals surface area contributed by atoms with E-state index < -0.39 is 8.32 Å². The fourth-order valence-corrected chi connectivity index (χ4v) is 10.7. The minimum Gasteiger partial charge on any atom is -0.489 e. The Morgan fingerprint density at radius 2 is 1.41 bits per heavy atom. The van der Waals surface area contributed by atoms with Gasteiger partial charge >= 0.3 is 0 Å². The number of rotatable bonds is 9. The summed E-state index contributed by atoms with van der Waals surface area (Å²) in [4.78, 5) is 15.6. The Morgan fingerprint density at radius 1 is 0.829 bits per heavy atom. The SMILES string of the molecule is CC1C(=O)N(CCO[Si](c2ccccc2)(c2ccccc2)C(C)(C)C)CCc2cc(OCc3ccccc3)ccc21. The molecular formula is C36H41NO3Si. The monoisotopic (exact) mass is 563 g/mol. The van der Waals surface area contributed by atoms with Crippen LogP contribution in [-0.2, 0) is 22.2 Å². The summed E-state index contributed by atoms with van der Waals surface area (Å²) in [5, 5.41) is 2.41.